The van der Waals surface area contributed by atoms with Gasteiger partial charge in [0, 0.05) is 24.2 Å². The zero-order valence-corrected chi connectivity index (χ0v) is 16.4. The van der Waals surface area contributed by atoms with Gasteiger partial charge in [-0.1, -0.05) is 18.2 Å². The molecule has 10 heteroatoms. The van der Waals surface area contributed by atoms with Crippen molar-refractivity contribution < 1.29 is 22.5 Å². The van der Waals surface area contributed by atoms with Crippen molar-refractivity contribution in [2.45, 2.75) is 0 Å². The average molecular weight is 414 g/mol. The molecular weight excluding hydrogens is 396 g/mol. The van der Waals surface area contributed by atoms with Crippen LogP contribution in [-0.2, 0) is 10.3 Å². The van der Waals surface area contributed by atoms with Crippen LogP contribution in [0.15, 0.2) is 60.9 Å². The molecule has 0 aliphatic rings. The second-order valence-corrected chi connectivity index (χ2v) is 7.38. The summed E-state index contributed by atoms with van der Waals surface area (Å²) < 4.78 is 37.7. The van der Waals surface area contributed by atoms with E-state index < -0.39 is 16.2 Å². The van der Waals surface area contributed by atoms with E-state index in [0.717, 1.165) is 5.56 Å². The van der Waals surface area contributed by atoms with Gasteiger partial charge in [0.2, 0.25) is 0 Å². The molecule has 3 aromatic rings. The molecule has 0 aliphatic heterocycles. The van der Waals surface area contributed by atoms with Gasteiger partial charge in [-0.25, -0.2) is 9.97 Å². The summed E-state index contributed by atoms with van der Waals surface area (Å²) in [5, 5.41) is 2.65. The van der Waals surface area contributed by atoms with Crippen LogP contribution in [0.2, 0.25) is 0 Å². The van der Waals surface area contributed by atoms with Gasteiger partial charge in [-0.3, -0.25) is 13.7 Å². The van der Waals surface area contributed by atoms with Crippen molar-refractivity contribution in [1.29, 1.82) is 0 Å². The second-order valence-electron chi connectivity index (χ2n) is 5.94. The number of hydrogen-bond donors (Lipinski definition) is 2. The van der Waals surface area contributed by atoms with Crippen LogP contribution in [0.4, 0.5) is 11.5 Å². The lowest BCUT2D eigenvalue weighted by Crippen LogP contribution is -2.25. The first kappa shape index (κ1) is 20.2. The number of carbonyl (C=O) groups is 1. The highest BCUT2D eigenvalue weighted by atomic mass is 32.2. The highest BCUT2D eigenvalue weighted by Crippen LogP contribution is 2.28. The largest absolute Gasteiger partial charge is 0.496 e. The average Bonchev–Trinajstić information content (AvgIpc) is 2.72. The summed E-state index contributed by atoms with van der Waals surface area (Å²) in [6, 6.07) is 14.7. The van der Waals surface area contributed by atoms with Crippen molar-refractivity contribution in [3.8, 4) is 17.0 Å². The van der Waals surface area contributed by atoms with Gasteiger partial charge in [0.15, 0.2) is 0 Å². The maximum atomic E-state index is 12.6. The summed E-state index contributed by atoms with van der Waals surface area (Å²) in [7, 11) is -1.70. The Morgan fingerprint density at radius 2 is 1.86 bits per heavy atom. The lowest BCUT2D eigenvalue weighted by Gasteiger charge is -2.15. The lowest BCUT2D eigenvalue weighted by atomic mass is 10.1. The van der Waals surface area contributed by atoms with Gasteiger partial charge in [0.25, 0.3) is 5.91 Å². The van der Waals surface area contributed by atoms with E-state index in [2.05, 4.69) is 15.3 Å². The number of para-hydroxylation sites is 1. The van der Waals surface area contributed by atoms with Gasteiger partial charge in [-0.15, -0.1) is 0 Å². The molecule has 0 fully saturated rings. The number of carbonyl (C=O) groups excluding carboxylic acids is 1. The molecule has 0 aliphatic carbocycles. The van der Waals surface area contributed by atoms with Gasteiger partial charge >= 0.3 is 10.3 Å². The maximum Gasteiger partial charge on any atom is 0.359 e. The van der Waals surface area contributed by atoms with Gasteiger partial charge in [0.1, 0.15) is 17.9 Å². The highest BCUT2D eigenvalue weighted by molar-refractivity contribution is 7.87. The van der Waals surface area contributed by atoms with Crippen LogP contribution in [0.5, 0.6) is 5.75 Å². The number of aromatic nitrogens is 2. The quantitative estimate of drug-likeness (QED) is 0.595. The molecule has 0 saturated carbocycles. The van der Waals surface area contributed by atoms with Crippen molar-refractivity contribution in [3.05, 3.63) is 66.5 Å². The van der Waals surface area contributed by atoms with Crippen molar-refractivity contribution in [2.75, 3.05) is 23.8 Å². The van der Waals surface area contributed by atoms with Crippen LogP contribution in [0.25, 0.3) is 11.3 Å². The van der Waals surface area contributed by atoms with E-state index in [9.17, 15) is 13.2 Å². The van der Waals surface area contributed by atoms with E-state index in [1.54, 1.807) is 19.2 Å². The number of amides is 1. The molecule has 2 N–H and O–H groups in total. The summed E-state index contributed by atoms with van der Waals surface area (Å²) in [6.45, 7) is 0. The molecule has 1 aromatic heterocycles. The van der Waals surface area contributed by atoms with Crippen LogP contribution in [0, 0.1) is 0 Å². The normalized spacial score (nSPS) is 11.0. The first-order valence-electron chi connectivity index (χ1n) is 8.38. The van der Waals surface area contributed by atoms with Gasteiger partial charge < -0.3 is 10.1 Å². The molecule has 150 valence electrons. The van der Waals surface area contributed by atoms with E-state index in [1.165, 1.54) is 37.6 Å². The summed E-state index contributed by atoms with van der Waals surface area (Å²) in [5.41, 5.74) is 1.63. The molecule has 29 heavy (non-hydrogen) atoms. The number of ether oxygens (including phenoxy) is 1. The van der Waals surface area contributed by atoms with Gasteiger partial charge in [0.05, 0.1) is 18.5 Å². The van der Waals surface area contributed by atoms with E-state index in [-0.39, 0.29) is 17.1 Å². The Morgan fingerprint density at radius 3 is 2.59 bits per heavy atom. The first-order valence-corrected chi connectivity index (χ1v) is 9.77. The third kappa shape index (κ3) is 4.68. The number of rotatable bonds is 6. The number of benzene rings is 2. The molecule has 0 atom stereocenters. The summed E-state index contributed by atoms with van der Waals surface area (Å²) in [6.07, 6.45) is 1.32. The number of anilines is 2. The highest BCUT2D eigenvalue weighted by Gasteiger charge is 2.16. The number of nitrogens with zero attached hydrogens (tertiary/aromatic N) is 3. The van der Waals surface area contributed by atoms with Crippen molar-refractivity contribution >= 4 is 27.7 Å². The fraction of sp³-hybridized carbons (Fsp3) is 0.105. The van der Waals surface area contributed by atoms with Crippen LogP contribution < -0.4 is 14.4 Å². The van der Waals surface area contributed by atoms with Crippen molar-refractivity contribution in [3.63, 3.8) is 0 Å². The first-order chi connectivity index (χ1) is 13.8. The standard InChI is InChI=1S/C19H18N4O5S/c1-23(29(25,26)27)14-7-5-6-13(10-14)19(24)22-18-11-16(20-12-21-18)15-8-3-4-9-17(15)28-2/h3-12H,1-2H3,(H,25,26,27)(H,20,21,22,24). The summed E-state index contributed by atoms with van der Waals surface area (Å²) in [4.78, 5) is 20.9. The monoisotopic (exact) mass is 414 g/mol. The topological polar surface area (TPSA) is 122 Å². The number of hydrogen-bond acceptors (Lipinski definition) is 6. The Morgan fingerprint density at radius 1 is 1.10 bits per heavy atom. The molecule has 1 heterocycles. The second kappa shape index (κ2) is 8.25. The zero-order chi connectivity index (χ0) is 21.0. The molecule has 0 bridgehead atoms. The fourth-order valence-electron chi connectivity index (χ4n) is 2.59. The van der Waals surface area contributed by atoms with Gasteiger partial charge in [-0.2, -0.15) is 8.42 Å². The van der Waals surface area contributed by atoms with E-state index in [1.807, 2.05) is 18.2 Å². The molecule has 0 radical (unpaired) electrons. The minimum atomic E-state index is -4.43. The number of methoxy groups -OCH3 is 1. The van der Waals surface area contributed by atoms with E-state index in [0.29, 0.717) is 15.7 Å². The minimum Gasteiger partial charge on any atom is -0.496 e. The smallest absolute Gasteiger partial charge is 0.359 e. The van der Waals surface area contributed by atoms with E-state index >= 15 is 0 Å². The third-order valence-corrected chi connectivity index (χ3v) is 5.01. The Labute approximate surface area is 167 Å². The van der Waals surface area contributed by atoms with E-state index in [4.69, 9.17) is 9.29 Å². The summed E-state index contributed by atoms with van der Waals surface area (Å²) in [5.74, 6) is 0.393. The molecule has 0 unspecified atom stereocenters. The molecule has 3 rings (SSSR count). The van der Waals surface area contributed by atoms with Crippen LogP contribution in [-0.4, -0.2) is 43.0 Å². The minimum absolute atomic E-state index is 0.137. The van der Waals surface area contributed by atoms with Crippen LogP contribution in [0.3, 0.4) is 0 Å². The molecule has 1 amide bonds. The summed E-state index contributed by atoms with van der Waals surface area (Å²) >= 11 is 0. The molecule has 0 saturated heterocycles. The maximum absolute atomic E-state index is 12.6. The Balaban J connectivity index is 1.85. The number of nitrogens with one attached hydrogen (secondary N) is 1. The lowest BCUT2D eigenvalue weighted by molar-refractivity contribution is 0.102. The van der Waals surface area contributed by atoms with Crippen LogP contribution in [0.1, 0.15) is 10.4 Å². The van der Waals surface area contributed by atoms with Crippen LogP contribution >= 0.6 is 0 Å². The third-order valence-electron chi connectivity index (χ3n) is 4.11. The van der Waals surface area contributed by atoms with Crippen molar-refractivity contribution in [1.82, 2.24) is 9.97 Å². The molecule has 0 spiro atoms. The Bertz CT molecular complexity index is 1150. The molecule has 2 aromatic carbocycles. The molecular formula is C19H18N4O5S. The zero-order valence-electron chi connectivity index (χ0n) is 15.6. The predicted octanol–water partition coefficient (Wildman–Crippen LogP) is 2.64. The molecule has 9 nitrogen and oxygen atoms in total. The van der Waals surface area contributed by atoms with Crippen molar-refractivity contribution in [2.24, 2.45) is 0 Å². The Kier molecular flexibility index (Phi) is 5.76. The Hall–Kier alpha value is -3.50. The fourth-order valence-corrected chi connectivity index (χ4v) is 2.97. The predicted molar refractivity (Wildman–Crippen MR) is 108 cm³/mol. The van der Waals surface area contributed by atoms with Gasteiger partial charge in [-0.05, 0) is 30.3 Å². The SMILES string of the molecule is COc1ccccc1-c1cc(NC(=O)c2cccc(N(C)S(=O)(=O)O)c2)ncn1.